The van der Waals surface area contributed by atoms with Gasteiger partial charge in [-0.3, -0.25) is 4.79 Å². The molecule has 6 heteroatoms. The molecule has 0 saturated carbocycles. The second-order valence-electron chi connectivity index (χ2n) is 5.48. The van der Waals surface area contributed by atoms with Crippen molar-refractivity contribution in [2.24, 2.45) is 5.92 Å². The summed E-state index contributed by atoms with van der Waals surface area (Å²) in [7, 11) is 0. The van der Waals surface area contributed by atoms with E-state index in [-0.39, 0.29) is 10.8 Å². The summed E-state index contributed by atoms with van der Waals surface area (Å²) in [6, 6.07) is 10.2. The fraction of sp³-hybridized carbons (Fsp3) is 0.294. The minimum atomic E-state index is -0.954. The van der Waals surface area contributed by atoms with E-state index >= 15 is 0 Å². The van der Waals surface area contributed by atoms with Crippen molar-refractivity contribution in [3.63, 3.8) is 0 Å². The Morgan fingerprint density at radius 3 is 2.43 bits per heavy atom. The largest absolute Gasteiger partial charge is 0.493 e. The van der Waals surface area contributed by atoms with Crippen LogP contribution in [0.4, 0.5) is 0 Å². The molecule has 1 aromatic heterocycles. The number of amides is 1. The molecule has 2 aromatic rings. The summed E-state index contributed by atoms with van der Waals surface area (Å²) in [5.41, 5.74) is 0.539. The van der Waals surface area contributed by atoms with Crippen molar-refractivity contribution in [1.29, 1.82) is 0 Å². The van der Waals surface area contributed by atoms with Crippen molar-refractivity contribution in [3.05, 3.63) is 51.7 Å². The van der Waals surface area contributed by atoms with E-state index in [0.717, 1.165) is 22.0 Å². The minimum Gasteiger partial charge on any atom is -0.493 e. The van der Waals surface area contributed by atoms with E-state index in [9.17, 15) is 9.59 Å². The second kappa shape index (κ2) is 7.78. The van der Waals surface area contributed by atoms with Gasteiger partial charge in [0.05, 0.1) is 13.2 Å². The Morgan fingerprint density at radius 1 is 1.17 bits per heavy atom. The topological polar surface area (TPSA) is 75.6 Å². The van der Waals surface area contributed by atoms with Gasteiger partial charge in [0, 0.05) is 10.4 Å². The fourth-order valence-corrected chi connectivity index (χ4v) is 2.61. The van der Waals surface area contributed by atoms with Gasteiger partial charge in [0.15, 0.2) is 0 Å². The highest BCUT2D eigenvalue weighted by Crippen LogP contribution is 2.17. The number of carbonyl (C=O) groups excluding carboxylic acids is 1. The lowest BCUT2D eigenvalue weighted by molar-refractivity contribution is 0.0702. The number of rotatable bonds is 7. The maximum atomic E-state index is 12.1. The standard InChI is InChI=1S/C17H19NO4S/c1-11(2)10-22-13-5-3-12(4-6-13)16(19)18-9-14-7-8-15(23-14)17(20)21/h3-8,11H,9-10H2,1-2H3,(H,18,19)(H,20,21). The van der Waals surface area contributed by atoms with E-state index in [1.165, 1.54) is 6.07 Å². The van der Waals surface area contributed by atoms with Gasteiger partial charge in [-0.05, 0) is 42.3 Å². The minimum absolute atomic E-state index is 0.203. The lowest BCUT2D eigenvalue weighted by Crippen LogP contribution is -2.22. The first-order valence-electron chi connectivity index (χ1n) is 7.29. The summed E-state index contributed by atoms with van der Waals surface area (Å²) in [4.78, 5) is 23.9. The summed E-state index contributed by atoms with van der Waals surface area (Å²) in [5, 5.41) is 11.6. The van der Waals surface area contributed by atoms with Gasteiger partial charge < -0.3 is 15.2 Å². The number of nitrogens with one attached hydrogen (secondary N) is 1. The van der Waals surface area contributed by atoms with Gasteiger partial charge in [-0.15, -0.1) is 11.3 Å². The normalized spacial score (nSPS) is 10.6. The second-order valence-corrected chi connectivity index (χ2v) is 6.65. The van der Waals surface area contributed by atoms with Gasteiger partial charge in [0.1, 0.15) is 10.6 Å². The molecule has 0 unspecified atom stereocenters. The van der Waals surface area contributed by atoms with Crippen LogP contribution < -0.4 is 10.1 Å². The first-order chi connectivity index (χ1) is 11.0. The Hall–Kier alpha value is -2.34. The third kappa shape index (κ3) is 5.10. The van der Waals surface area contributed by atoms with Crippen LogP contribution in [0.2, 0.25) is 0 Å². The molecule has 0 aliphatic rings. The van der Waals surface area contributed by atoms with Crippen LogP contribution in [0, 0.1) is 5.92 Å². The monoisotopic (exact) mass is 333 g/mol. The SMILES string of the molecule is CC(C)COc1ccc(C(=O)NCc2ccc(C(=O)O)s2)cc1. The van der Waals surface area contributed by atoms with Gasteiger partial charge >= 0.3 is 5.97 Å². The Bertz CT molecular complexity index is 676. The number of carboxylic acid groups (broad SMARTS) is 1. The molecule has 2 N–H and O–H groups in total. The third-order valence-electron chi connectivity index (χ3n) is 3.00. The molecule has 1 amide bonds. The Labute approximate surface area is 138 Å². The molecular formula is C17H19NO4S. The number of thiophene rings is 1. The number of benzene rings is 1. The molecule has 1 heterocycles. The van der Waals surface area contributed by atoms with Crippen LogP contribution in [0.5, 0.6) is 5.75 Å². The van der Waals surface area contributed by atoms with Crippen LogP contribution in [0.15, 0.2) is 36.4 Å². The van der Waals surface area contributed by atoms with Gasteiger partial charge in [-0.25, -0.2) is 4.79 Å². The highest BCUT2D eigenvalue weighted by Gasteiger charge is 2.09. The molecule has 0 saturated heterocycles. The smallest absolute Gasteiger partial charge is 0.345 e. The predicted molar refractivity (Wildman–Crippen MR) is 89.2 cm³/mol. The van der Waals surface area contributed by atoms with Crippen molar-refractivity contribution in [2.45, 2.75) is 20.4 Å². The van der Waals surface area contributed by atoms with Crippen LogP contribution in [0.3, 0.4) is 0 Å². The zero-order chi connectivity index (χ0) is 16.8. The van der Waals surface area contributed by atoms with Gasteiger partial charge in [-0.2, -0.15) is 0 Å². The molecule has 0 aliphatic heterocycles. The molecule has 2 rings (SSSR count). The average molecular weight is 333 g/mol. The van der Waals surface area contributed by atoms with Gasteiger partial charge in [-0.1, -0.05) is 13.8 Å². The maximum Gasteiger partial charge on any atom is 0.345 e. The number of carbonyl (C=O) groups is 2. The number of aromatic carboxylic acids is 1. The first-order valence-corrected chi connectivity index (χ1v) is 8.10. The van der Waals surface area contributed by atoms with Crippen LogP contribution in [0.25, 0.3) is 0 Å². The average Bonchev–Trinajstić information content (AvgIpc) is 3.00. The lowest BCUT2D eigenvalue weighted by atomic mass is 10.2. The van der Waals surface area contributed by atoms with E-state index in [4.69, 9.17) is 9.84 Å². The van der Waals surface area contributed by atoms with E-state index in [2.05, 4.69) is 19.2 Å². The zero-order valence-corrected chi connectivity index (χ0v) is 13.9. The number of hydrogen-bond donors (Lipinski definition) is 2. The Kier molecular flexibility index (Phi) is 5.76. The van der Waals surface area contributed by atoms with Gasteiger partial charge in [0.25, 0.3) is 5.91 Å². The van der Waals surface area contributed by atoms with Crippen molar-refractivity contribution in [1.82, 2.24) is 5.32 Å². The lowest BCUT2D eigenvalue weighted by Gasteiger charge is -2.09. The van der Waals surface area contributed by atoms with E-state index < -0.39 is 5.97 Å². The quantitative estimate of drug-likeness (QED) is 0.814. The molecule has 0 aliphatic carbocycles. The summed E-state index contributed by atoms with van der Waals surface area (Å²) >= 11 is 1.16. The van der Waals surface area contributed by atoms with Crippen LogP contribution in [0.1, 0.15) is 38.8 Å². The van der Waals surface area contributed by atoms with Crippen molar-refractivity contribution < 1.29 is 19.4 Å². The molecule has 122 valence electrons. The molecular weight excluding hydrogens is 314 g/mol. The van der Waals surface area contributed by atoms with E-state index in [1.54, 1.807) is 30.3 Å². The van der Waals surface area contributed by atoms with Crippen LogP contribution in [-0.2, 0) is 6.54 Å². The van der Waals surface area contributed by atoms with Crippen molar-refractivity contribution >= 4 is 23.2 Å². The zero-order valence-electron chi connectivity index (χ0n) is 13.0. The van der Waals surface area contributed by atoms with Crippen LogP contribution >= 0.6 is 11.3 Å². The molecule has 0 atom stereocenters. The Morgan fingerprint density at radius 2 is 1.87 bits per heavy atom. The fourth-order valence-electron chi connectivity index (χ4n) is 1.82. The molecule has 0 radical (unpaired) electrons. The van der Waals surface area contributed by atoms with Crippen molar-refractivity contribution in [2.75, 3.05) is 6.61 Å². The molecule has 23 heavy (non-hydrogen) atoms. The molecule has 0 fully saturated rings. The van der Waals surface area contributed by atoms with E-state index in [0.29, 0.717) is 24.6 Å². The number of ether oxygens (including phenoxy) is 1. The molecule has 0 spiro atoms. The number of hydrogen-bond acceptors (Lipinski definition) is 4. The molecule has 0 bridgehead atoms. The Balaban J connectivity index is 1.88. The summed E-state index contributed by atoms with van der Waals surface area (Å²) in [6.45, 7) is 5.09. The third-order valence-corrected chi connectivity index (χ3v) is 4.07. The highest BCUT2D eigenvalue weighted by molar-refractivity contribution is 7.13. The summed E-state index contributed by atoms with van der Waals surface area (Å²) in [6.07, 6.45) is 0. The molecule has 5 nitrogen and oxygen atoms in total. The van der Waals surface area contributed by atoms with E-state index in [1.807, 2.05) is 0 Å². The maximum absolute atomic E-state index is 12.1. The predicted octanol–water partition coefficient (Wildman–Crippen LogP) is 3.41. The summed E-state index contributed by atoms with van der Waals surface area (Å²) in [5.74, 6) is 0.0225. The summed E-state index contributed by atoms with van der Waals surface area (Å²) < 4.78 is 5.57. The molecule has 1 aromatic carbocycles. The first kappa shape index (κ1) is 17.0. The van der Waals surface area contributed by atoms with Crippen LogP contribution in [-0.4, -0.2) is 23.6 Å². The highest BCUT2D eigenvalue weighted by atomic mass is 32.1. The van der Waals surface area contributed by atoms with Gasteiger partial charge in [0.2, 0.25) is 0 Å². The number of carboxylic acids is 1. The van der Waals surface area contributed by atoms with Crippen molar-refractivity contribution in [3.8, 4) is 5.75 Å².